The summed E-state index contributed by atoms with van der Waals surface area (Å²) in [5.41, 5.74) is 1.95. The molecule has 1 unspecified atom stereocenters. The number of rotatable bonds is 8. The number of amides is 1. The molecule has 10 heteroatoms. The maximum atomic E-state index is 13.2. The van der Waals surface area contributed by atoms with Gasteiger partial charge in [0.15, 0.2) is 29.1 Å². The summed E-state index contributed by atoms with van der Waals surface area (Å²) in [6, 6.07) is 16.1. The normalized spacial score (nSPS) is 11.5. The highest BCUT2D eigenvalue weighted by molar-refractivity contribution is 5.99. The third kappa shape index (κ3) is 5.16. The van der Waals surface area contributed by atoms with E-state index in [-0.39, 0.29) is 11.5 Å². The van der Waals surface area contributed by atoms with Crippen molar-refractivity contribution >= 4 is 17.7 Å². The first-order chi connectivity index (χ1) is 16.9. The zero-order chi connectivity index (χ0) is 24.9. The highest BCUT2D eigenvalue weighted by Gasteiger charge is 2.26. The minimum Gasteiger partial charge on any atom is -0.493 e. The molecule has 0 bridgehead atoms. The Hall–Kier alpha value is -4.60. The number of carbonyl (C=O) groups is 2. The molecule has 0 radical (unpaired) electrons. The van der Waals surface area contributed by atoms with Gasteiger partial charge < -0.3 is 24.1 Å². The molecule has 0 aliphatic carbocycles. The number of aromatic nitrogens is 3. The van der Waals surface area contributed by atoms with Crippen LogP contribution in [0.15, 0.2) is 65.3 Å². The van der Waals surface area contributed by atoms with Gasteiger partial charge in [0, 0.05) is 17.8 Å². The molecule has 0 saturated carbocycles. The van der Waals surface area contributed by atoms with Gasteiger partial charge in [-0.15, -0.1) is 0 Å². The van der Waals surface area contributed by atoms with Crippen LogP contribution in [0.4, 0.5) is 5.82 Å². The van der Waals surface area contributed by atoms with Crippen molar-refractivity contribution in [1.29, 1.82) is 0 Å². The molecule has 4 aromatic rings. The van der Waals surface area contributed by atoms with E-state index >= 15 is 0 Å². The summed E-state index contributed by atoms with van der Waals surface area (Å²) in [4.78, 5) is 25.7. The molecule has 35 heavy (non-hydrogen) atoms. The van der Waals surface area contributed by atoms with Crippen molar-refractivity contribution in [1.82, 2.24) is 14.9 Å². The van der Waals surface area contributed by atoms with E-state index < -0.39 is 18.0 Å². The van der Waals surface area contributed by atoms with E-state index in [4.69, 9.17) is 18.7 Å². The first-order valence-corrected chi connectivity index (χ1v) is 10.7. The lowest BCUT2D eigenvalue weighted by Crippen LogP contribution is -2.30. The Bertz CT molecular complexity index is 1350. The van der Waals surface area contributed by atoms with Gasteiger partial charge in [-0.25, -0.2) is 9.48 Å². The van der Waals surface area contributed by atoms with Crippen molar-refractivity contribution in [3.63, 3.8) is 0 Å². The predicted octanol–water partition coefficient (Wildman–Crippen LogP) is 4.04. The Morgan fingerprint density at radius 3 is 2.43 bits per heavy atom. The quantitative estimate of drug-likeness (QED) is 0.379. The van der Waals surface area contributed by atoms with Crippen molar-refractivity contribution in [2.45, 2.75) is 20.0 Å². The number of anilines is 1. The van der Waals surface area contributed by atoms with E-state index in [9.17, 15) is 9.59 Å². The maximum Gasteiger partial charge on any atom is 0.360 e. The van der Waals surface area contributed by atoms with Gasteiger partial charge in [0.25, 0.3) is 5.91 Å². The van der Waals surface area contributed by atoms with E-state index in [1.807, 2.05) is 30.3 Å². The van der Waals surface area contributed by atoms with E-state index in [2.05, 4.69) is 15.6 Å². The first-order valence-electron chi connectivity index (χ1n) is 10.7. The van der Waals surface area contributed by atoms with Gasteiger partial charge in [-0.3, -0.25) is 4.79 Å². The number of nitrogens with one attached hydrogen (secondary N) is 1. The van der Waals surface area contributed by atoms with Crippen LogP contribution >= 0.6 is 0 Å². The van der Waals surface area contributed by atoms with Gasteiger partial charge in [0.1, 0.15) is 5.76 Å². The van der Waals surface area contributed by atoms with Crippen LogP contribution in [0, 0.1) is 6.92 Å². The number of benzene rings is 2. The molecule has 0 fully saturated rings. The number of hydrogen-bond donors (Lipinski definition) is 1. The van der Waals surface area contributed by atoms with Crippen LogP contribution in [0.25, 0.3) is 16.8 Å². The predicted molar refractivity (Wildman–Crippen MR) is 127 cm³/mol. The third-order valence-electron chi connectivity index (χ3n) is 5.16. The summed E-state index contributed by atoms with van der Waals surface area (Å²) in [6.07, 6.45) is 0.607. The third-order valence-corrected chi connectivity index (χ3v) is 5.16. The van der Waals surface area contributed by atoms with Gasteiger partial charge >= 0.3 is 5.97 Å². The number of nitrogens with zero attached hydrogens (tertiary/aromatic N) is 3. The lowest BCUT2D eigenvalue weighted by atomic mass is 10.1. The average molecular weight is 476 g/mol. The zero-order valence-corrected chi connectivity index (χ0v) is 19.6. The maximum absolute atomic E-state index is 13.2. The first kappa shape index (κ1) is 23.6. The Balaban J connectivity index is 1.65. The largest absolute Gasteiger partial charge is 0.493 e. The van der Waals surface area contributed by atoms with Crippen molar-refractivity contribution in [3.05, 3.63) is 72.2 Å². The number of ether oxygens (including phenoxy) is 3. The number of aryl methyl sites for hydroxylation is 1. The standard InChI is InChI=1S/C25H24N4O6/c1-15-12-22(28-35-15)26-24(30)16(2)34-25(31)23-19(14-29(27-23)18-8-6-5-7-9-18)17-10-11-20(32-3)21(13-17)33-4/h5-14,16H,1-4H3,(H,26,28,30). The van der Waals surface area contributed by atoms with Gasteiger partial charge in [-0.1, -0.05) is 29.4 Å². The van der Waals surface area contributed by atoms with Crippen molar-refractivity contribution in [2.24, 2.45) is 0 Å². The van der Waals surface area contributed by atoms with E-state index in [0.29, 0.717) is 28.4 Å². The van der Waals surface area contributed by atoms with Crippen molar-refractivity contribution < 1.29 is 28.3 Å². The molecule has 2 heterocycles. The summed E-state index contributed by atoms with van der Waals surface area (Å²) in [5, 5.41) is 10.7. The SMILES string of the molecule is COc1ccc(-c2cn(-c3ccccc3)nc2C(=O)OC(C)C(=O)Nc2cc(C)on2)cc1OC. The summed E-state index contributed by atoms with van der Waals surface area (Å²) < 4.78 is 22.7. The number of methoxy groups -OCH3 is 2. The van der Waals surface area contributed by atoms with Crippen LogP contribution < -0.4 is 14.8 Å². The zero-order valence-electron chi connectivity index (χ0n) is 19.6. The Labute approximate surface area is 201 Å². The van der Waals surface area contributed by atoms with Gasteiger partial charge in [0.2, 0.25) is 0 Å². The molecule has 2 aromatic carbocycles. The molecule has 0 aliphatic heterocycles. The molecule has 180 valence electrons. The average Bonchev–Trinajstić information content (AvgIpc) is 3.50. The smallest absolute Gasteiger partial charge is 0.360 e. The minimum absolute atomic E-state index is 0.0398. The molecular formula is C25H24N4O6. The van der Waals surface area contributed by atoms with E-state index in [1.54, 1.807) is 49.2 Å². The molecule has 2 aromatic heterocycles. The van der Waals surface area contributed by atoms with Crippen molar-refractivity contribution in [3.8, 4) is 28.3 Å². The minimum atomic E-state index is -1.11. The van der Waals surface area contributed by atoms with Gasteiger partial charge in [0.05, 0.1) is 19.9 Å². The molecule has 1 amide bonds. The van der Waals surface area contributed by atoms with Crippen LogP contribution in [0.1, 0.15) is 23.2 Å². The molecule has 0 aliphatic rings. The molecular weight excluding hydrogens is 452 g/mol. The summed E-state index contributed by atoms with van der Waals surface area (Å²) >= 11 is 0. The monoisotopic (exact) mass is 476 g/mol. The Morgan fingerprint density at radius 2 is 1.77 bits per heavy atom. The van der Waals surface area contributed by atoms with Gasteiger partial charge in [-0.2, -0.15) is 5.10 Å². The fourth-order valence-corrected chi connectivity index (χ4v) is 3.38. The molecule has 1 atom stereocenters. The Morgan fingerprint density at radius 1 is 1.03 bits per heavy atom. The van der Waals surface area contributed by atoms with E-state index in [0.717, 1.165) is 5.69 Å². The number of carbonyl (C=O) groups excluding carboxylic acids is 2. The summed E-state index contributed by atoms with van der Waals surface area (Å²) in [6.45, 7) is 3.16. The molecule has 0 saturated heterocycles. The van der Waals surface area contributed by atoms with E-state index in [1.165, 1.54) is 14.0 Å². The van der Waals surface area contributed by atoms with Crippen LogP contribution in [-0.4, -0.2) is 47.1 Å². The molecule has 0 spiro atoms. The second kappa shape index (κ2) is 10.1. The lowest BCUT2D eigenvalue weighted by molar-refractivity contribution is -0.123. The summed E-state index contributed by atoms with van der Waals surface area (Å²) in [5.74, 6) is 0.493. The van der Waals surface area contributed by atoms with Crippen LogP contribution in [0.2, 0.25) is 0 Å². The fourth-order valence-electron chi connectivity index (χ4n) is 3.38. The second-order valence-corrected chi connectivity index (χ2v) is 7.60. The number of para-hydroxylation sites is 1. The fraction of sp³-hybridized carbons (Fsp3) is 0.200. The van der Waals surface area contributed by atoms with Crippen LogP contribution in [0.5, 0.6) is 11.5 Å². The highest BCUT2D eigenvalue weighted by Crippen LogP contribution is 2.34. The van der Waals surface area contributed by atoms with Gasteiger partial charge in [-0.05, 0) is 43.7 Å². The molecule has 4 rings (SSSR count). The summed E-state index contributed by atoms with van der Waals surface area (Å²) in [7, 11) is 3.07. The number of esters is 1. The molecule has 10 nitrogen and oxygen atoms in total. The lowest BCUT2D eigenvalue weighted by Gasteiger charge is -2.12. The topological polar surface area (TPSA) is 118 Å². The second-order valence-electron chi connectivity index (χ2n) is 7.60. The van der Waals surface area contributed by atoms with Crippen molar-refractivity contribution in [2.75, 3.05) is 19.5 Å². The Kier molecular flexibility index (Phi) is 6.81. The van der Waals surface area contributed by atoms with Crippen LogP contribution in [-0.2, 0) is 9.53 Å². The van der Waals surface area contributed by atoms with Crippen LogP contribution in [0.3, 0.4) is 0 Å². The highest BCUT2D eigenvalue weighted by atomic mass is 16.5. The molecule has 1 N–H and O–H groups in total. The number of hydrogen-bond acceptors (Lipinski definition) is 8.